The Morgan fingerprint density at radius 2 is 1.71 bits per heavy atom. The molecule has 0 amide bonds. The van der Waals surface area contributed by atoms with Crippen molar-refractivity contribution in [1.82, 2.24) is 0 Å². The number of hydrogen-bond donors (Lipinski definition) is 2. The Balaban J connectivity index is 2.30. The molecule has 2 N–H and O–H groups in total. The van der Waals surface area contributed by atoms with E-state index < -0.39 is 6.10 Å². The van der Waals surface area contributed by atoms with Crippen LogP contribution in [-0.4, -0.2) is 17.3 Å². The van der Waals surface area contributed by atoms with Gasteiger partial charge in [0, 0.05) is 29.9 Å². The number of rotatable bonds is 4. The number of aliphatic hydroxyl groups excluding tert-OH is 1. The van der Waals surface area contributed by atoms with Crippen LogP contribution in [0.15, 0.2) is 42.5 Å². The van der Waals surface area contributed by atoms with Crippen LogP contribution in [0.5, 0.6) is 5.75 Å². The maximum absolute atomic E-state index is 13.9. The molecular formula is C17H20FNO2. The molecule has 112 valence electrons. The zero-order valence-electron chi connectivity index (χ0n) is 12.4. The number of nitrogens with zero attached hydrogens (tertiary/aromatic N) is 1. The number of aliphatic hydroxyl groups is 1. The van der Waals surface area contributed by atoms with Crippen LogP contribution in [-0.2, 0) is 0 Å². The summed E-state index contributed by atoms with van der Waals surface area (Å²) < 4.78 is 13.9. The predicted octanol–water partition coefficient (Wildman–Crippen LogP) is 3.78. The summed E-state index contributed by atoms with van der Waals surface area (Å²) in [5.74, 6) is -0.211. The summed E-state index contributed by atoms with van der Waals surface area (Å²) in [6, 6.07) is 11.5. The van der Waals surface area contributed by atoms with Crippen molar-refractivity contribution in [2.45, 2.75) is 26.0 Å². The fourth-order valence-corrected chi connectivity index (χ4v) is 2.35. The third-order valence-electron chi connectivity index (χ3n) is 3.81. The summed E-state index contributed by atoms with van der Waals surface area (Å²) >= 11 is 0. The van der Waals surface area contributed by atoms with Crippen LogP contribution >= 0.6 is 0 Å². The summed E-state index contributed by atoms with van der Waals surface area (Å²) in [5.41, 5.74) is 1.83. The molecule has 0 radical (unpaired) electrons. The number of hydrogen-bond acceptors (Lipinski definition) is 3. The van der Waals surface area contributed by atoms with Gasteiger partial charge < -0.3 is 15.1 Å². The van der Waals surface area contributed by atoms with Crippen LogP contribution in [0.1, 0.15) is 37.1 Å². The van der Waals surface area contributed by atoms with Crippen LogP contribution in [0.4, 0.5) is 10.1 Å². The molecule has 0 saturated heterocycles. The van der Waals surface area contributed by atoms with E-state index >= 15 is 0 Å². The predicted molar refractivity (Wildman–Crippen MR) is 82.0 cm³/mol. The highest BCUT2D eigenvalue weighted by Gasteiger charge is 2.17. The Morgan fingerprint density at radius 3 is 2.29 bits per heavy atom. The number of phenolic OH excluding ortho intramolecular Hbond substituents is 1. The second-order valence-corrected chi connectivity index (χ2v) is 5.23. The van der Waals surface area contributed by atoms with Crippen molar-refractivity contribution in [3.05, 3.63) is 59.4 Å². The third-order valence-corrected chi connectivity index (χ3v) is 3.81. The normalized spacial score (nSPS) is 13.8. The fraction of sp³-hybridized carbons (Fsp3) is 0.294. The third kappa shape index (κ3) is 3.16. The van der Waals surface area contributed by atoms with Gasteiger partial charge in [-0.25, -0.2) is 4.39 Å². The van der Waals surface area contributed by atoms with E-state index in [1.807, 2.05) is 18.9 Å². The van der Waals surface area contributed by atoms with Crippen molar-refractivity contribution >= 4 is 5.69 Å². The summed E-state index contributed by atoms with van der Waals surface area (Å²) in [5, 5.41) is 19.5. The molecule has 2 atom stereocenters. The summed E-state index contributed by atoms with van der Waals surface area (Å²) in [6.45, 7) is 3.50. The largest absolute Gasteiger partial charge is 0.507 e. The quantitative estimate of drug-likeness (QED) is 0.900. The van der Waals surface area contributed by atoms with Crippen molar-refractivity contribution < 1.29 is 14.6 Å². The molecule has 21 heavy (non-hydrogen) atoms. The molecule has 0 spiro atoms. The number of phenols is 1. The van der Waals surface area contributed by atoms with Crippen molar-refractivity contribution in [1.29, 1.82) is 0 Å². The first-order chi connectivity index (χ1) is 9.91. The Bertz CT molecular complexity index is 628. The van der Waals surface area contributed by atoms with Gasteiger partial charge in [0.1, 0.15) is 11.6 Å². The maximum atomic E-state index is 13.9. The van der Waals surface area contributed by atoms with E-state index in [0.29, 0.717) is 11.1 Å². The van der Waals surface area contributed by atoms with Crippen LogP contribution in [0.25, 0.3) is 0 Å². The van der Waals surface area contributed by atoms with E-state index in [-0.39, 0.29) is 17.6 Å². The smallest absolute Gasteiger partial charge is 0.128 e. The van der Waals surface area contributed by atoms with Gasteiger partial charge in [-0.05, 0) is 26.0 Å². The average molecular weight is 289 g/mol. The monoisotopic (exact) mass is 289 g/mol. The van der Waals surface area contributed by atoms with E-state index in [2.05, 4.69) is 0 Å². The Morgan fingerprint density at radius 1 is 1.05 bits per heavy atom. The van der Waals surface area contributed by atoms with Gasteiger partial charge in [0.2, 0.25) is 0 Å². The van der Waals surface area contributed by atoms with Gasteiger partial charge in [0.25, 0.3) is 0 Å². The molecule has 4 heteroatoms. The number of halogens is 1. The molecule has 0 saturated carbocycles. The van der Waals surface area contributed by atoms with Gasteiger partial charge in [0.05, 0.1) is 12.1 Å². The summed E-state index contributed by atoms with van der Waals surface area (Å²) in [7, 11) is 1.84. The second kappa shape index (κ2) is 6.14. The van der Waals surface area contributed by atoms with E-state index in [1.165, 1.54) is 6.07 Å². The first kappa shape index (κ1) is 15.3. The second-order valence-electron chi connectivity index (χ2n) is 5.23. The molecule has 0 aliphatic rings. The molecule has 2 aromatic rings. The highest BCUT2D eigenvalue weighted by Crippen LogP contribution is 2.32. The zero-order chi connectivity index (χ0) is 15.6. The minimum Gasteiger partial charge on any atom is -0.507 e. The number of benzene rings is 2. The Hall–Kier alpha value is -2.07. The SMILES string of the molecule is CC(O)c1ccc(N(C)C(C)c2ccccc2F)cc1O. The lowest BCUT2D eigenvalue weighted by Gasteiger charge is -2.28. The van der Waals surface area contributed by atoms with Crippen molar-refractivity contribution in [2.75, 3.05) is 11.9 Å². The van der Waals surface area contributed by atoms with E-state index in [1.54, 1.807) is 43.3 Å². The minimum atomic E-state index is -0.728. The average Bonchev–Trinajstić information content (AvgIpc) is 2.45. The maximum Gasteiger partial charge on any atom is 0.128 e. The van der Waals surface area contributed by atoms with E-state index in [0.717, 1.165) is 5.69 Å². The first-order valence-electron chi connectivity index (χ1n) is 6.90. The molecule has 0 aliphatic carbocycles. The number of anilines is 1. The molecule has 2 unspecified atom stereocenters. The lowest BCUT2D eigenvalue weighted by atomic mass is 10.0. The van der Waals surface area contributed by atoms with Crippen molar-refractivity contribution in [3.63, 3.8) is 0 Å². The van der Waals surface area contributed by atoms with Crippen LogP contribution in [0, 0.1) is 5.82 Å². The lowest BCUT2D eigenvalue weighted by molar-refractivity contribution is 0.195. The molecule has 2 rings (SSSR count). The summed E-state index contributed by atoms with van der Waals surface area (Å²) in [6.07, 6.45) is -0.728. The van der Waals surface area contributed by atoms with Gasteiger partial charge in [-0.3, -0.25) is 0 Å². The van der Waals surface area contributed by atoms with Gasteiger partial charge in [-0.1, -0.05) is 24.3 Å². The Kier molecular flexibility index (Phi) is 4.48. The topological polar surface area (TPSA) is 43.7 Å². The first-order valence-corrected chi connectivity index (χ1v) is 6.90. The molecule has 2 aromatic carbocycles. The fourth-order valence-electron chi connectivity index (χ4n) is 2.35. The van der Waals surface area contributed by atoms with Crippen LogP contribution in [0.2, 0.25) is 0 Å². The van der Waals surface area contributed by atoms with Gasteiger partial charge in [-0.15, -0.1) is 0 Å². The highest BCUT2D eigenvalue weighted by molar-refractivity contribution is 5.54. The molecule has 3 nitrogen and oxygen atoms in total. The van der Waals surface area contributed by atoms with Crippen LogP contribution < -0.4 is 4.90 Å². The summed E-state index contributed by atoms with van der Waals surface area (Å²) in [4.78, 5) is 1.88. The standard InChI is InChI=1S/C17H20FNO2/c1-11(14-6-4-5-7-16(14)18)19(3)13-8-9-15(12(2)20)17(21)10-13/h4-12,20-21H,1-3H3. The highest BCUT2D eigenvalue weighted by atomic mass is 19.1. The molecule has 0 aromatic heterocycles. The van der Waals surface area contributed by atoms with Crippen LogP contribution in [0.3, 0.4) is 0 Å². The van der Waals surface area contributed by atoms with Crippen molar-refractivity contribution in [3.8, 4) is 5.75 Å². The minimum absolute atomic E-state index is 0.0371. The number of aromatic hydroxyl groups is 1. The van der Waals surface area contributed by atoms with Crippen molar-refractivity contribution in [2.24, 2.45) is 0 Å². The van der Waals surface area contributed by atoms with Gasteiger partial charge >= 0.3 is 0 Å². The lowest BCUT2D eigenvalue weighted by Crippen LogP contribution is -2.22. The van der Waals surface area contributed by atoms with E-state index in [9.17, 15) is 14.6 Å². The molecule has 0 heterocycles. The molecular weight excluding hydrogens is 269 g/mol. The Labute approximate surface area is 124 Å². The molecule has 0 bridgehead atoms. The molecule has 0 fully saturated rings. The van der Waals surface area contributed by atoms with E-state index in [4.69, 9.17) is 0 Å². The van der Waals surface area contributed by atoms with Gasteiger partial charge in [0.15, 0.2) is 0 Å². The van der Waals surface area contributed by atoms with Gasteiger partial charge in [-0.2, -0.15) is 0 Å². The molecule has 0 aliphatic heterocycles. The zero-order valence-corrected chi connectivity index (χ0v) is 12.4.